The summed E-state index contributed by atoms with van der Waals surface area (Å²) < 4.78 is 18.8. The number of carbonyl (C=O) groups is 1. The average molecular weight is 274 g/mol. The molecule has 0 bridgehead atoms. The fraction of sp³-hybridized carbons (Fsp3) is 0.133. The van der Waals surface area contributed by atoms with E-state index in [2.05, 4.69) is 5.32 Å². The normalized spacial score (nSPS) is 10.3. The van der Waals surface area contributed by atoms with Crippen LogP contribution in [0.1, 0.15) is 15.9 Å². The van der Waals surface area contributed by atoms with Gasteiger partial charge in [-0.3, -0.25) is 4.79 Å². The van der Waals surface area contributed by atoms with E-state index in [4.69, 9.17) is 10.5 Å². The molecule has 0 fully saturated rings. The molecule has 104 valence electrons. The lowest BCUT2D eigenvalue weighted by Crippen LogP contribution is -2.12. The smallest absolute Gasteiger partial charge is 0.252 e. The first-order chi connectivity index (χ1) is 9.60. The number of hydrogen-bond acceptors (Lipinski definition) is 3. The fourth-order valence-corrected chi connectivity index (χ4v) is 1.83. The standard InChI is InChI=1S/C15H15FN2O2/c1-18-9-10-3-2-4-12(7-10)20-14-6-5-11(16)8-13(14)15(17)19/h2-8,18H,9H2,1H3,(H2,17,19). The Morgan fingerprint density at radius 1 is 1.30 bits per heavy atom. The zero-order chi connectivity index (χ0) is 14.5. The Labute approximate surface area is 116 Å². The summed E-state index contributed by atoms with van der Waals surface area (Å²) in [7, 11) is 1.85. The van der Waals surface area contributed by atoms with Gasteiger partial charge in [-0.25, -0.2) is 4.39 Å². The highest BCUT2D eigenvalue weighted by atomic mass is 19.1. The number of ether oxygens (including phenoxy) is 1. The van der Waals surface area contributed by atoms with Crippen LogP contribution in [0.15, 0.2) is 42.5 Å². The van der Waals surface area contributed by atoms with E-state index in [0.717, 1.165) is 11.6 Å². The van der Waals surface area contributed by atoms with Crippen LogP contribution in [0.3, 0.4) is 0 Å². The lowest BCUT2D eigenvalue weighted by atomic mass is 10.1. The van der Waals surface area contributed by atoms with Crippen molar-refractivity contribution < 1.29 is 13.9 Å². The van der Waals surface area contributed by atoms with Crippen molar-refractivity contribution in [2.45, 2.75) is 6.54 Å². The quantitative estimate of drug-likeness (QED) is 0.880. The topological polar surface area (TPSA) is 64.3 Å². The first kappa shape index (κ1) is 14.0. The molecule has 5 heteroatoms. The van der Waals surface area contributed by atoms with Gasteiger partial charge in [-0.1, -0.05) is 12.1 Å². The molecule has 0 aromatic heterocycles. The minimum atomic E-state index is -0.731. The van der Waals surface area contributed by atoms with Crippen LogP contribution in [0.5, 0.6) is 11.5 Å². The van der Waals surface area contributed by atoms with E-state index in [-0.39, 0.29) is 11.3 Å². The molecule has 0 saturated carbocycles. The lowest BCUT2D eigenvalue weighted by Gasteiger charge is -2.10. The largest absolute Gasteiger partial charge is 0.457 e. The predicted molar refractivity (Wildman–Crippen MR) is 74.2 cm³/mol. The maximum atomic E-state index is 13.1. The highest BCUT2D eigenvalue weighted by molar-refractivity contribution is 5.95. The third-order valence-corrected chi connectivity index (χ3v) is 2.71. The van der Waals surface area contributed by atoms with E-state index in [1.807, 2.05) is 25.2 Å². The van der Waals surface area contributed by atoms with E-state index >= 15 is 0 Å². The molecule has 0 radical (unpaired) electrons. The van der Waals surface area contributed by atoms with E-state index < -0.39 is 11.7 Å². The summed E-state index contributed by atoms with van der Waals surface area (Å²) in [5, 5.41) is 3.03. The predicted octanol–water partition coefficient (Wildman–Crippen LogP) is 2.44. The molecule has 0 atom stereocenters. The molecule has 0 heterocycles. The molecule has 2 aromatic rings. The summed E-state index contributed by atoms with van der Waals surface area (Å²) in [4.78, 5) is 11.3. The van der Waals surface area contributed by atoms with Crippen molar-refractivity contribution in [3.05, 3.63) is 59.4 Å². The van der Waals surface area contributed by atoms with Gasteiger partial charge >= 0.3 is 0 Å². The van der Waals surface area contributed by atoms with Crippen LogP contribution in [0.2, 0.25) is 0 Å². The molecule has 2 rings (SSSR count). The zero-order valence-electron chi connectivity index (χ0n) is 11.0. The summed E-state index contributed by atoms with van der Waals surface area (Å²) in [5.41, 5.74) is 6.27. The Morgan fingerprint density at radius 3 is 2.80 bits per heavy atom. The number of carbonyl (C=O) groups excluding carboxylic acids is 1. The van der Waals surface area contributed by atoms with Crippen molar-refractivity contribution in [1.82, 2.24) is 5.32 Å². The number of rotatable bonds is 5. The number of amides is 1. The molecule has 0 spiro atoms. The second-order valence-electron chi connectivity index (χ2n) is 4.28. The Hall–Kier alpha value is -2.40. The van der Waals surface area contributed by atoms with Gasteiger partial charge < -0.3 is 15.8 Å². The van der Waals surface area contributed by atoms with Gasteiger partial charge in [0, 0.05) is 6.54 Å². The maximum Gasteiger partial charge on any atom is 0.252 e. The molecule has 2 aromatic carbocycles. The van der Waals surface area contributed by atoms with Gasteiger partial charge in [0.25, 0.3) is 5.91 Å². The molecular formula is C15H15FN2O2. The van der Waals surface area contributed by atoms with E-state index in [9.17, 15) is 9.18 Å². The van der Waals surface area contributed by atoms with Crippen LogP contribution < -0.4 is 15.8 Å². The molecule has 0 aliphatic heterocycles. The number of benzene rings is 2. The molecule has 20 heavy (non-hydrogen) atoms. The molecule has 0 unspecified atom stereocenters. The number of nitrogens with one attached hydrogen (secondary N) is 1. The third kappa shape index (κ3) is 3.33. The molecular weight excluding hydrogens is 259 g/mol. The van der Waals surface area contributed by atoms with Crippen molar-refractivity contribution in [3.8, 4) is 11.5 Å². The molecule has 1 amide bonds. The van der Waals surface area contributed by atoms with Crippen molar-refractivity contribution in [3.63, 3.8) is 0 Å². The SMILES string of the molecule is CNCc1cccc(Oc2ccc(F)cc2C(N)=O)c1. The second kappa shape index (κ2) is 6.16. The van der Waals surface area contributed by atoms with Crippen LogP contribution in [-0.4, -0.2) is 13.0 Å². The average Bonchev–Trinajstić information content (AvgIpc) is 2.41. The Bertz CT molecular complexity index is 629. The Balaban J connectivity index is 2.30. The Kier molecular flexibility index (Phi) is 4.32. The molecule has 0 aliphatic carbocycles. The molecule has 0 aliphatic rings. The third-order valence-electron chi connectivity index (χ3n) is 2.71. The van der Waals surface area contributed by atoms with Gasteiger partial charge in [-0.05, 0) is 42.9 Å². The van der Waals surface area contributed by atoms with Gasteiger partial charge in [-0.15, -0.1) is 0 Å². The number of halogens is 1. The number of nitrogens with two attached hydrogens (primary N) is 1. The summed E-state index contributed by atoms with van der Waals surface area (Å²) in [6, 6.07) is 11.1. The minimum absolute atomic E-state index is 0.0176. The van der Waals surface area contributed by atoms with Crippen LogP contribution in [0, 0.1) is 5.82 Å². The highest BCUT2D eigenvalue weighted by Crippen LogP contribution is 2.26. The van der Waals surface area contributed by atoms with Crippen molar-refractivity contribution in [2.24, 2.45) is 5.73 Å². The van der Waals surface area contributed by atoms with Crippen LogP contribution in [0.25, 0.3) is 0 Å². The summed E-state index contributed by atoms with van der Waals surface area (Å²) in [6.45, 7) is 0.698. The summed E-state index contributed by atoms with van der Waals surface area (Å²) in [6.07, 6.45) is 0. The number of primary amides is 1. The first-order valence-electron chi connectivity index (χ1n) is 6.11. The van der Waals surface area contributed by atoms with Crippen LogP contribution >= 0.6 is 0 Å². The molecule has 3 N–H and O–H groups in total. The number of hydrogen-bond donors (Lipinski definition) is 2. The van der Waals surface area contributed by atoms with Gasteiger partial charge in [0.05, 0.1) is 5.56 Å². The van der Waals surface area contributed by atoms with Gasteiger partial charge in [0.1, 0.15) is 17.3 Å². The van der Waals surface area contributed by atoms with Crippen LogP contribution in [0.4, 0.5) is 4.39 Å². The van der Waals surface area contributed by atoms with E-state index in [1.54, 1.807) is 6.07 Å². The maximum absolute atomic E-state index is 13.1. The summed E-state index contributed by atoms with van der Waals surface area (Å²) >= 11 is 0. The van der Waals surface area contributed by atoms with Crippen molar-refractivity contribution >= 4 is 5.91 Å². The highest BCUT2D eigenvalue weighted by Gasteiger charge is 2.11. The van der Waals surface area contributed by atoms with Gasteiger partial charge in [0.2, 0.25) is 0 Å². The van der Waals surface area contributed by atoms with Crippen molar-refractivity contribution in [2.75, 3.05) is 7.05 Å². The molecule has 4 nitrogen and oxygen atoms in total. The van der Waals surface area contributed by atoms with E-state index in [1.165, 1.54) is 12.1 Å². The fourth-order valence-electron chi connectivity index (χ4n) is 1.83. The van der Waals surface area contributed by atoms with E-state index in [0.29, 0.717) is 12.3 Å². The first-order valence-corrected chi connectivity index (χ1v) is 6.11. The lowest BCUT2D eigenvalue weighted by molar-refractivity contribution is 0.0997. The monoisotopic (exact) mass is 274 g/mol. The molecule has 0 saturated heterocycles. The summed E-state index contributed by atoms with van der Waals surface area (Å²) in [5.74, 6) is -0.465. The van der Waals surface area contributed by atoms with Gasteiger partial charge in [0.15, 0.2) is 0 Å². The second-order valence-corrected chi connectivity index (χ2v) is 4.28. The van der Waals surface area contributed by atoms with Gasteiger partial charge in [-0.2, -0.15) is 0 Å². The minimum Gasteiger partial charge on any atom is -0.457 e. The van der Waals surface area contributed by atoms with Crippen molar-refractivity contribution in [1.29, 1.82) is 0 Å². The van der Waals surface area contributed by atoms with Crippen LogP contribution in [-0.2, 0) is 6.54 Å². The zero-order valence-corrected chi connectivity index (χ0v) is 11.0. The Morgan fingerprint density at radius 2 is 2.10 bits per heavy atom.